The zero-order valence-corrected chi connectivity index (χ0v) is 10.4. The van der Waals surface area contributed by atoms with Gasteiger partial charge in [0.1, 0.15) is 0 Å². The standard InChI is InChI=1S/C13H20N2O2/c1-3-17-9-10(2)15-8-11-6-4-5-7-12(11)13(14)16/h4-7,10,15H,3,8-9H2,1-2H3,(H2,14,16). The molecule has 1 amide bonds. The van der Waals surface area contributed by atoms with Gasteiger partial charge in [-0.15, -0.1) is 0 Å². The summed E-state index contributed by atoms with van der Waals surface area (Å²) in [5, 5.41) is 3.30. The predicted molar refractivity (Wildman–Crippen MR) is 67.8 cm³/mol. The molecule has 0 aliphatic rings. The highest BCUT2D eigenvalue weighted by atomic mass is 16.5. The normalized spacial score (nSPS) is 12.4. The van der Waals surface area contributed by atoms with Crippen molar-refractivity contribution in [1.82, 2.24) is 5.32 Å². The first-order valence-corrected chi connectivity index (χ1v) is 5.84. The Kier molecular flexibility index (Phi) is 5.66. The summed E-state index contributed by atoms with van der Waals surface area (Å²) in [7, 11) is 0. The van der Waals surface area contributed by atoms with Crippen molar-refractivity contribution in [1.29, 1.82) is 0 Å². The van der Waals surface area contributed by atoms with Crippen LogP contribution in [0.15, 0.2) is 24.3 Å². The second kappa shape index (κ2) is 7.04. The minimum Gasteiger partial charge on any atom is -0.380 e. The highest BCUT2D eigenvalue weighted by Crippen LogP contribution is 2.07. The molecule has 0 saturated heterocycles. The van der Waals surface area contributed by atoms with Crippen LogP contribution in [-0.2, 0) is 11.3 Å². The molecule has 0 bridgehead atoms. The first-order valence-electron chi connectivity index (χ1n) is 5.84. The van der Waals surface area contributed by atoms with Crippen LogP contribution in [0.3, 0.4) is 0 Å². The number of nitrogens with one attached hydrogen (secondary N) is 1. The quantitative estimate of drug-likeness (QED) is 0.750. The van der Waals surface area contributed by atoms with Gasteiger partial charge < -0.3 is 15.8 Å². The van der Waals surface area contributed by atoms with E-state index in [0.29, 0.717) is 25.3 Å². The molecule has 1 aromatic rings. The zero-order valence-electron chi connectivity index (χ0n) is 10.4. The minimum atomic E-state index is -0.389. The third kappa shape index (κ3) is 4.54. The molecule has 0 aliphatic carbocycles. The lowest BCUT2D eigenvalue weighted by Gasteiger charge is -2.14. The van der Waals surface area contributed by atoms with Crippen LogP contribution in [-0.4, -0.2) is 25.2 Å². The fourth-order valence-corrected chi connectivity index (χ4v) is 1.55. The fourth-order valence-electron chi connectivity index (χ4n) is 1.55. The highest BCUT2D eigenvalue weighted by Gasteiger charge is 2.08. The third-order valence-electron chi connectivity index (χ3n) is 2.50. The van der Waals surface area contributed by atoms with E-state index >= 15 is 0 Å². The molecule has 4 nitrogen and oxygen atoms in total. The number of carbonyl (C=O) groups is 1. The average molecular weight is 236 g/mol. The summed E-state index contributed by atoms with van der Waals surface area (Å²) in [5.41, 5.74) is 6.80. The summed E-state index contributed by atoms with van der Waals surface area (Å²) in [5.74, 6) is -0.389. The molecule has 1 unspecified atom stereocenters. The molecule has 0 radical (unpaired) electrons. The van der Waals surface area contributed by atoms with Crippen LogP contribution in [0.4, 0.5) is 0 Å². The van der Waals surface area contributed by atoms with E-state index in [-0.39, 0.29) is 11.9 Å². The molecule has 0 aliphatic heterocycles. The van der Waals surface area contributed by atoms with Gasteiger partial charge >= 0.3 is 0 Å². The fraction of sp³-hybridized carbons (Fsp3) is 0.462. The van der Waals surface area contributed by atoms with E-state index in [1.54, 1.807) is 6.07 Å². The summed E-state index contributed by atoms with van der Waals surface area (Å²) >= 11 is 0. The van der Waals surface area contributed by atoms with Crippen LogP contribution in [0, 0.1) is 0 Å². The monoisotopic (exact) mass is 236 g/mol. The Labute approximate surface area is 102 Å². The number of amides is 1. The Morgan fingerprint density at radius 1 is 1.47 bits per heavy atom. The van der Waals surface area contributed by atoms with Crippen molar-refractivity contribution in [2.24, 2.45) is 5.73 Å². The number of ether oxygens (including phenoxy) is 1. The topological polar surface area (TPSA) is 64.3 Å². The Morgan fingerprint density at radius 2 is 2.18 bits per heavy atom. The lowest BCUT2D eigenvalue weighted by atomic mass is 10.1. The number of nitrogens with two attached hydrogens (primary N) is 1. The van der Waals surface area contributed by atoms with E-state index in [2.05, 4.69) is 5.32 Å². The molecule has 94 valence electrons. The van der Waals surface area contributed by atoms with Gasteiger partial charge in [-0.1, -0.05) is 18.2 Å². The molecule has 4 heteroatoms. The smallest absolute Gasteiger partial charge is 0.249 e. The molecule has 1 rings (SSSR count). The van der Waals surface area contributed by atoms with Gasteiger partial charge in [0.2, 0.25) is 5.91 Å². The summed E-state index contributed by atoms with van der Waals surface area (Å²) in [6, 6.07) is 7.60. The first-order chi connectivity index (χ1) is 8.15. The van der Waals surface area contributed by atoms with E-state index in [9.17, 15) is 4.79 Å². The molecule has 17 heavy (non-hydrogen) atoms. The van der Waals surface area contributed by atoms with Crippen LogP contribution >= 0.6 is 0 Å². The molecular weight excluding hydrogens is 216 g/mol. The number of carbonyl (C=O) groups excluding carboxylic acids is 1. The van der Waals surface area contributed by atoms with Gasteiger partial charge in [-0.3, -0.25) is 4.79 Å². The van der Waals surface area contributed by atoms with E-state index in [1.165, 1.54) is 0 Å². The van der Waals surface area contributed by atoms with Crippen molar-refractivity contribution in [3.8, 4) is 0 Å². The Balaban J connectivity index is 2.54. The van der Waals surface area contributed by atoms with Gasteiger partial charge in [-0.2, -0.15) is 0 Å². The summed E-state index contributed by atoms with van der Waals surface area (Å²) in [6.45, 7) is 6.00. The van der Waals surface area contributed by atoms with Gasteiger partial charge in [-0.05, 0) is 25.5 Å². The van der Waals surface area contributed by atoms with Crippen molar-refractivity contribution >= 4 is 5.91 Å². The van der Waals surface area contributed by atoms with Crippen LogP contribution in [0.5, 0.6) is 0 Å². The highest BCUT2D eigenvalue weighted by molar-refractivity contribution is 5.94. The average Bonchev–Trinajstić information content (AvgIpc) is 2.34. The molecule has 0 aromatic heterocycles. The Bertz CT molecular complexity index is 366. The van der Waals surface area contributed by atoms with E-state index in [0.717, 1.165) is 5.56 Å². The van der Waals surface area contributed by atoms with E-state index < -0.39 is 0 Å². The van der Waals surface area contributed by atoms with Crippen LogP contribution < -0.4 is 11.1 Å². The van der Waals surface area contributed by atoms with Crippen LogP contribution in [0.25, 0.3) is 0 Å². The number of hydrogen-bond donors (Lipinski definition) is 2. The molecule has 0 spiro atoms. The van der Waals surface area contributed by atoms with E-state index in [1.807, 2.05) is 32.0 Å². The number of hydrogen-bond acceptors (Lipinski definition) is 3. The largest absolute Gasteiger partial charge is 0.380 e. The molecule has 0 fully saturated rings. The molecule has 3 N–H and O–H groups in total. The number of benzene rings is 1. The maximum atomic E-state index is 11.2. The summed E-state index contributed by atoms with van der Waals surface area (Å²) < 4.78 is 5.31. The third-order valence-corrected chi connectivity index (χ3v) is 2.50. The number of primary amides is 1. The van der Waals surface area contributed by atoms with Gasteiger partial charge in [0.15, 0.2) is 0 Å². The van der Waals surface area contributed by atoms with Gasteiger partial charge in [0.25, 0.3) is 0 Å². The van der Waals surface area contributed by atoms with Crippen LogP contribution in [0.1, 0.15) is 29.8 Å². The lowest BCUT2D eigenvalue weighted by molar-refractivity contribution is 0.0999. The maximum Gasteiger partial charge on any atom is 0.249 e. The molecule has 1 aromatic carbocycles. The van der Waals surface area contributed by atoms with Crippen molar-refractivity contribution < 1.29 is 9.53 Å². The summed E-state index contributed by atoms with van der Waals surface area (Å²) in [6.07, 6.45) is 0. The SMILES string of the molecule is CCOCC(C)NCc1ccccc1C(N)=O. The van der Waals surface area contributed by atoms with Gasteiger partial charge in [-0.25, -0.2) is 0 Å². The minimum absolute atomic E-state index is 0.246. The second-order valence-electron chi connectivity index (χ2n) is 3.96. The van der Waals surface area contributed by atoms with Gasteiger partial charge in [0.05, 0.1) is 6.61 Å². The van der Waals surface area contributed by atoms with E-state index in [4.69, 9.17) is 10.5 Å². The maximum absolute atomic E-state index is 11.2. The molecule has 1 atom stereocenters. The van der Waals surface area contributed by atoms with Crippen molar-refractivity contribution in [2.75, 3.05) is 13.2 Å². The lowest BCUT2D eigenvalue weighted by Crippen LogP contribution is -2.31. The van der Waals surface area contributed by atoms with Crippen molar-refractivity contribution in [3.63, 3.8) is 0 Å². The molecule has 0 heterocycles. The van der Waals surface area contributed by atoms with Gasteiger partial charge in [0, 0.05) is 24.8 Å². The number of rotatable bonds is 7. The summed E-state index contributed by atoms with van der Waals surface area (Å²) in [4.78, 5) is 11.2. The first kappa shape index (κ1) is 13.7. The van der Waals surface area contributed by atoms with Crippen LogP contribution in [0.2, 0.25) is 0 Å². The van der Waals surface area contributed by atoms with Crippen molar-refractivity contribution in [3.05, 3.63) is 35.4 Å². The molecular formula is C13H20N2O2. The van der Waals surface area contributed by atoms with Crippen molar-refractivity contribution in [2.45, 2.75) is 26.4 Å². The Morgan fingerprint density at radius 3 is 2.82 bits per heavy atom. The second-order valence-corrected chi connectivity index (χ2v) is 3.96. The zero-order chi connectivity index (χ0) is 12.7. The predicted octanol–water partition coefficient (Wildman–Crippen LogP) is 1.30. The molecule has 0 saturated carbocycles. The Hall–Kier alpha value is -1.39.